The summed E-state index contributed by atoms with van der Waals surface area (Å²) in [5.74, 6) is 0.935. The van der Waals surface area contributed by atoms with E-state index in [1.54, 1.807) is 7.11 Å². The number of hydrogen-bond donors (Lipinski definition) is 2. The fraction of sp³-hybridized carbons (Fsp3) is 0.700. The van der Waals surface area contributed by atoms with Crippen molar-refractivity contribution in [3.05, 3.63) is 23.8 Å². The molecule has 3 saturated carbocycles. The predicted molar refractivity (Wildman–Crippen MR) is 92.5 cm³/mol. The molecule has 5 fully saturated rings. The maximum atomic E-state index is 11.3. The second-order valence-corrected chi connectivity index (χ2v) is 8.82. The van der Waals surface area contributed by atoms with Crippen molar-refractivity contribution in [1.29, 1.82) is 0 Å². The Balaban J connectivity index is 1.66. The van der Waals surface area contributed by atoms with Gasteiger partial charge in [0.25, 0.3) is 0 Å². The lowest BCUT2D eigenvalue weighted by Crippen LogP contribution is -2.77. The van der Waals surface area contributed by atoms with Crippen LogP contribution in [0.5, 0.6) is 5.75 Å². The van der Waals surface area contributed by atoms with E-state index in [4.69, 9.17) is 4.74 Å². The number of aliphatic hydroxyl groups is 1. The van der Waals surface area contributed by atoms with E-state index >= 15 is 0 Å². The van der Waals surface area contributed by atoms with Crippen molar-refractivity contribution >= 4 is 5.69 Å². The van der Waals surface area contributed by atoms with Gasteiger partial charge in [-0.25, -0.2) is 0 Å². The Bertz CT molecular complexity index is 736. The summed E-state index contributed by atoms with van der Waals surface area (Å²) in [6, 6.07) is 7.09. The van der Waals surface area contributed by atoms with Crippen LogP contribution in [0, 0.1) is 5.41 Å². The molecule has 0 radical (unpaired) electrons. The van der Waals surface area contributed by atoms with E-state index in [0.717, 1.165) is 24.3 Å². The molecule has 7 rings (SSSR count). The molecule has 3 unspecified atom stereocenters. The lowest BCUT2D eigenvalue weighted by molar-refractivity contribution is -0.155. The highest BCUT2D eigenvalue weighted by Crippen LogP contribution is 2.73. The SMILES string of the molecule is COc1cccc2c1NC13CCC4(CCCN5CC[C@]21[C@@H]54)CC3O. The van der Waals surface area contributed by atoms with Crippen molar-refractivity contribution in [3.8, 4) is 5.75 Å². The smallest absolute Gasteiger partial charge is 0.142 e. The third-order valence-corrected chi connectivity index (χ3v) is 8.38. The van der Waals surface area contributed by atoms with Crippen molar-refractivity contribution in [2.75, 3.05) is 25.5 Å². The Kier molecular flexibility index (Phi) is 2.39. The molecule has 3 aliphatic heterocycles. The molecule has 3 heterocycles. The first-order valence-corrected chi connectivity index (χ1v) is 9.55. The molecule has 2 N–H and O–H groups in total. The number of methoxy groups -OCH3 is 1. The first-order chi connectivity index (χ1) is 11.7. The number of aliphatic hydroxyl groups excluding tert-OH is 1. The molecular formula is C20H26N2O2. The van der Waals surface area contributed by atoms with Crippen LogP contribution in [0.2, 0.25) is 0 Å². The highest BCUT2D eigenvalue weighted by molar-refractivity contribution is 5.74. The van der Waals surface area contributed by atoms with Crippen LogP contribution in [0.4, 0.5) is 5.69 Å². The summed E-state index contributed by atoms with van der Waals surface area (Å²) in [4.78, 5) is 2.76. The van der Waals surface area contributed by atoms with Crippen LogP contribution in [-0.2, 0) is 5.41 Å². The van der Waals surface area contributed by atoms with Crippen molar-refractivity contribution < 1.29 is 9.84 Å². The van der Waals surface area contributed by atoms with Crippen molar-refractivity contribution in [1.82, 2.24) is 4.90 Å². The number of fused-ring (bicyclic) bond motifs is 3. The first kappa shape index (κ1) is 14.0. The lowest BCUT2D eigenvalue weighted by atomic mass is 9.41. The van der Waals surface area contributed by atoms with Crippen LogP contribution in [0.25, 0.3) is 0 Å². The van der Waals surface area contributed by atoms with Gasteiger partial charge < -0.3 is 15.2 Å². The van der Waals surface area contributed by atoms with Gasteiger partial charge in [-0.05, 0) is 68.7 Å². The van der Waals surface area contributed by atoms with Gasteiger partial charge in [0.15, 0.2) is 0 Å². The van der Waals surface area contributed by atoms with Crippen LogP contribution in [0.15, 0.2) is 18.2 Å². The van der Waals surface area contributed by atoms with Gasteiger partial charge in [0.1, 0.15) is 5.75 Å². The zero-order chi connectivity index (χ0) is 16.2. The number of benzene rings is 1. The Morgan fingerprint density at radius 3 is 2.96 bits per heavy atom. The minimum Gasteiger partial charge on any atom is -0.495 e. The molecule has 128 valence electrons. The number of nitrogens with one attached hydrogen (secondary N) is 1. The summed E-state index contributed by atoms with van der Waals surface area (Å²) >= 11 is 0. The quantitative estimate of drug-likeness (QED) is 0.832. The Morgan fingerprint density at radius 1 is 1.21 bits per heavy atom. The molecule has 1 aromatic carbocycles. The number of rotatable bonds is 1. The van der Waals surface area contributed by atoms with Gasteiger partial charge in [-0.3, -0.25) is 4.90 Å². The van der Waals surface area contributed by atoms with Crippen molar-refractivity contribution in [3.63, 3.8) is 0 Å². The Labute approximate surface area is 143 Å². The average Bonchev–Trinajstić information content (AvgIpc) is 3.14. The van der Waals surface area contributed by atoms with Crippen LogP contribution in [0.1, 0.15) is 44.1 Å². The highest BCUT2D eigenvalue weighted by atomic mass is 16.5. The molecule has 4 heteroatoms. The minimum atomic E-state index is -0.252. The van der Waals surface area contributed by atoms with E-state index in [0.29, 0.717) is 11.5 Å². The van der Waals surface area contributed by atoms with Crippen LogP contribution >= 0.6 is 0 Å². The maximum Gasteiger partial charge on any atom is 0.142 e. The largest absolute Gasteiger partial charge is 0.495 e. The molecule has 3 spiro atoms. The van der Waals surface area contributed by atoms with Gasteiger partial charge in [0.2, 0.25) is 0 Å². The highest BCUT2D eigenvalue weighted by Gasteiger charge is 2.78. The lowest BCUT2D eigenvalue weighted by Gasteiger charge is -2.68. The number of ether oxygens (including phenoxy) is 1. The molecule has 1 aromatic rings. The normalized spacial score (nSPS) is 47.8. The topological polar surface area (TPSA) is 44.7 Å². The molecule has 0 aromatic heterocycles. The van der Waals surface area contributed by atoms with Gasteiger partial charge >= 0.3 is 0 Å². The zero-order valence-corrected chi connectivity index (χ0v) is 14.3. The standard InChI is InChI=1S/C20H26N2O2/c1-24-14-5-2-4-13-16(14)21-20-8-7-18(12-15(20)23)6-3-10-22-11-9-19(13,20)17(18)22/h2,4-5,15,17,21,23H,3,6-12H2,1H3/t15?,17-,18?,19+,20?/m0/s1. The third kappa shape index (κ3) is 1.21. The van der Waals surface area contributed by atoms with E-state index in [1.807, 2.05) is 0 Å². The van der Waals surface area contributed by atoms with Crippen molar-refractivity contribution in [2.45, 2.75) is 61.6 Å². The molecule has 5 atom stereocenters. The van der Waals surface area contributed by atoms with Gasteiger partial charge in [-0.1, -0.05) is 12.1 Å². The fourth-order valence-corrected chi connectivity index (χ4v) is 7.76. The summed E-state index contributed by atoms with van der Waals surface area (Å²) in [7, 11) is 1.76. The van der Waals surface area contributed by atoms with Gasteiger partial charge in [0, 0.05) is 11.5 Å². The minimum absolute atomic E-state index is 0.0627. The monoisotopic (exact) mass is 326 g/mol. The predicted octanol–water partition coefficient (Wildman–Crippen LogP) is 2.51. The third-order valence-electron chi connectivity index (χ3n) is 8.38. The van der Waals surface area contributed by atoms with Crippen molar-refractivity contribution in [2.24, 2.45) is 5.41 Å². The fourth-order valence-electron chi connectivity index (χ4n) is 7.76. The number of nitrogens with zero attached hydrogens (tertiary/aromatic N) is 1. The molecular weight excluding hydrogens is 300 g/mol. The van der Waals surface area contributed by atoms with Crippen LogP contribution in [0.3, 0.4) is 0 Å². The van der Waals surface area contributed by atoms with E-state index in [9.17, 15) is 5.11 Å². The van der Waals surface area contributed by atoms with E-state index in [1.165, 1.54) is 44.3 Å². The average molecular weight is 326 g/mol. The Morgan fingerprint density at radius 2 is 2.12 bits per heavy atom. The summed E-state index contributed by atoms with van der Waals surface area (Å²) in [6.45, 7) is 2.42. The second kappa shape index (κ2) is 4.10. The summed E-state index contributed by atoms with van der Waals surface area (Å²) in [6.07, 6.45) is 6.83. The van der Waals surface area contributed by atoms with E-state index in [-0.39, 0.29) is 17.1 Å². The molecule has 24 heavy (non-hydrogen) atoms. The molecule has 2 bridgehead atoms. The van der Waals surface area contributed by atoms with E-state index < -0.39 is 0 Å². The molecule has 0 amide bonds. The molecule has 4 nitrogen and oxygen atoms in total. The summed E-state index contributed by atoms with van der Waals surface area (Å²) < 4.78 is 5.68. The molecule has 2 saturated heterocycles. The second-order valence-electron chi connectivity index (χ2n) is 8.82. The van der Waals surface area contributed by atoms with Crippen LogP contribution in [-0.4, -0.2) is 47.9 Å². The summed E-state index contributed by atoms with van der Waals surface area (Å²) in [5, 5.41) is 15.2. The molecule has 6 aliphatic rings. The number of piperidine rings is 1. The Hall–Kier alpha value is -1.26. The van der Waals surface area contributed by atoms with Crippen LogP contribution < -0.4 is 10.1 Å². The van der Waals surface area contributed by atoms with Gasteiger partial charge in [0.05, 0.1) is 24.4 Å². The zero-order valence-electron chi connectivity index (χ0n) is 14.3. The van der Waals surface area contributed by atoms with E-state index in [2.05, 4.69) is 28.4 Å². The van der Waals surface area contributed by atoms with Gasteiger partial charge in [-0.15, -0.1) is 0 Å². The van der Waals surface area contributed by atoms with Gasteiger partial charge in [-0.2, -0.15) is 0 Å². The number of para-hydroxylation sites is 1. The first-order valence-electron chi connectivity index (χ1n) is 9.55. The maximum absolute atomic E-state index is 11.3. The number of anilines is 1. The molecule has 3 aliphatic carbocycles. The number of hydrogen-bond acceptors (Lipinski definition) is 4. The summed E-state index contributed by atoms with van der Waals surface area (Å²) in [5.41, 5.74) is 2.76.